The van der Waals surface area contributed by atoms with Crippen LogP contribution < -0.4 is 5.32 Å². The molecule has 0 spiro atoms. The van der Waals surface area contributed by atoms with Crippen LogP contribution in [0.15, 0.2) is 6.07 Å². The Hall–Kier alpha value is -1.27. The summed E-state index contributed by atoms with van der Waals surface area (Å²) >= 11 is 1.81. The van der Waals surface area contributed by atoms with Gasteiger partial charge in [0.05, 0.1) is 12.6 Å². The summed E-state index contributed by atoms with van der Waals surface area (Å²) in [5.41, 5.74) is 1.34. The Morgan fingerprint density at radius 2 is 2.21 bits per heavy atom. The van der Waals surface area contributed by atoms with Crippen molar-refractivity contribution in [3.63, 3.8) is 0 Å². The number of rotatable bonds is 6. The first-order valence-corrected chi connectivity index (χ1v) is 7.48. The average molecular weight is 279 g/mol. The minimum atomic E-state index is 0.178. The molecule has 0 saturated carbocycles. The summed E-state index contributed by atoms with van der Waals surface area (Å²) < 4.78 is 1.89. The molecule has 0 bridgehead atoms. The number of nitrogens with one attached hydrogen (secondary N) is 1. The fourth-order valence-corrected chi connectivity index (χ4v) is 3.00. The molecular formula is C13H21N5S. The van der Waals surface area contributed by atoms with Crippen molar-refractivity contribution < 1.29 is 0 Å². The largest absolute Gasteiger partial charge is 0.307 e. The molecule has 0 saturated heterocycles. The highest BCUT2D eigenvalue weighted by atomic mass is 32.1. The first-order valence-electron chi connectivity index (χ1n) is 6.67. The van der Waals surface area contributed by atoms with Gasteiger partial charge in [0, 0.05) is 9.75 Å². The van der Waals surface area contributed by atoms with Crippen LogP contribution in [0.4, 0.5) is 0 Å². The van der Waals surface area contributed by atoms with E-state index in [1.165, 1.54) is 15.3 Å². The van der Waals surface area contributed by atoms with E-state index in [4.69, 9.17) is 0 Å². The summed E-state index contributed by atoms with van der Waals surface area (Å²) in [7, 11) is 0. The zero-order valence-electron chi connectivity index (χ0n) is 12.0. The van der Waals surface area contributed by atoms with Gasteiger partial charge in [0.25, 0.3) is 0 Å². The monoisotopic (exact) mass is 279 g/mol. The van der Waals surface area contributed by atoms with E-state index in [0.29, 0.717) is 0 Å². The first kappa shape index (κ1) is 14.1. The smallest absolute Gasteiger partial charge is 0.168 e. The second-order valence-corrected chi connectivity index (χ2v) is 6.16. The molecule has 19 heavy (non-hydrogen) atoms. The van der Waals surface area contributed by atoms with Crippen LogP contribution in [-0.4, -0.2) is 26.8 Å². The highest BCUT2D eigenvalue weighted by Crippen LogP contribution is 2.22. The van der Waals surface area contributed by atoms with Crippen molar-refractivity contribution in [3.8, 4) is 0 Å². The van der Waals surface area contributed by atoms with E-state index in [-0.39, 0.29) is 6.04 Å². The molecule has 0 amide bonds. The predicted octanol–water partition coefficient (Wildman–Crippen LogP) is 2.46. The van der Waals surface area contributed by atoms with Crippen LogP contribution in [0.25, 0.3) is 0 Å². The second kappa shape index (κ2) is 6.25. The summed E-state index contributed by atoms with van der Waals surface area (Å²) in [6.45, 7) is 10.3. The lowest BCUT2D eigenvalue weighted by Gasteiger charge is -2.12. The molecule has 0 aromatic carbocycles. The number of thiophene rings is 1. The van der Waals surface area contributed by atoms with Gasteiger partial charge in [0.2, 0.25) is 0 Å². The van der Waals surface area contributed by atoms with Crippen molar-refractivity contribution in [2.24, 2.45) is 0 Å². The molecule has 2 aromatic rings. The second-order valence-electron chi connectivity index (χ2n) is 4.82. The minimum Gasteiger partial charge on any atom is -0.307 e. The van der Waals surface area contributed by atoms with Gasteiger partial charge in [-0.1, -0.05) is 6.92 Å². The van der Waals surface area contributed by atoms with E-state index in [2.05, 4.69) is 54.6 Å². The number of aromatic nitrogens is 4. The molecule has 104 valence electrons. The Bertz CT molecular complexity index is 511. The van der Waals surface area contributed by atoms with E-state index in [1.54, 1.807) is 0 Å². The number of tetrazole rings is 1. The maximum atomic E-state index is 4.14. The highest BCUT2D eigenvalue weighted by Gasteiger charge is 2.14. The standard InChI is InChI=1S/C13H21N5S/c1-5-6-14-10(3)13-15-16-17-18(13)8-12-7-9(2)11(4)19-12/h7,10,14H,5-6,8H2,1-4H3. The van der Waals surface area contributed by atoms with Crippen LogP contribution in [-0.2, 0) is 6.54 Å². The molecule has 0 aliphatic heterocycles. The van der Waals surface area contributed by atoms with Gasteiger partial charge in [-0.3, -0.25) is 0 Å². The maximum absolute atomic E-state index is 4.14. The molecule has 0 radical (unpaired) electrons. The van der Waals surface area contributed by atoms with E-state index >= 15 is 0 Å². The summed E-state index contributed by atoms with van der Waals surface area (Å²) in [5.74, 6) is 0.900. The van der Waals surface area contributed by atoms with E-state index in [9.17, 15) is 0 Å². The number of nitrogens with zero attached hydrogens (tertiary/aromatic N) is 4. The number of aryl methyl sites for hydroxylation is 2. The van der Waals surface area contributed by atoms with Crippen molar-refractivity contribution in [1.82, 2.24) is 25.5 Å². The quantitative estimate of drug-likeness (QED) is 0.882. The molecule has 2 aromatic heterocycles. The molecule has 1 atom stereocenters. The lowest BCUT2D eigenvalue weighted by molar-refractivity contribution is 0.505. The molecule has 0 aliphatic carbocycles. The molecule has 0 aliphatic rings. The van der Waals surface area contributed by atoms with Crippen molar-refractivity contribution in [2.45, 2.75) is 46.7 Å². The average Bonchev–Trinajstić information content (AvgIpc) is 2.95. The Labute approximate surface area is 118 Å². The van der Waals surface area contributed by atoms with Gasteiger partial charge >= 0.3 is 0 Å². The minimum absolute atomic E-state index is 0.178. The summed E-state index contributed by atoms with van der Waals surface area (Å²) in [4.78, 5) is 2.66. The van der Waals surface area contributed by atoms with Crippen LogP contribution in [0.1, 0.15) is 47.5 Å². The fourth-order valence-electron chi connectivity index (χ4n) is 1.96. The third-order valence-corrected chi connectivity index (χ3v) is 4.31. The SMILES string of the molecule is CCCNC(C)c1nnnn1Cc1cc(C)c(C)s1. The Morgan fingerprint density at radius 3 is 2.84 bits per heavy atom. The lowest BCUT2D eigenvalue weighted by atomic mass is 10.2. The summed E-state index contributed by atoms with van der Waals surface area (Å²) in [6, 6.07) is 2.40. The molecule has 1 N–H and O–H groups in total. The molecular weight excluding hydrogens is 258 g/mol. The van der Waals surface area contributed by atoms with Gasteiger partial charge in [0.1, 0.15) is 0 Å². The predicted molar refractivity (Wildman–Crippen MR) is 77.4 cm³/mol. The maximum Gasteiger partial charge on any atom is 0.168 e. The van der Waals surface area contributed by atoms with Gasteiger partial charge in [-0.05, 0) is 55.8 Å². The van der Waals surface area contributed by atoms with Crippen LogP contribution >= 0.6 is 11.3 Å². The van der Waals surface area contributed by atoms with E-state index < -0.39 is 0 Å². The summed E-state index contributed by atoms with van der Waals surface area (Å²) in [5, 5.41) is 15.5. The van der Waals surface area contributed by atoms with E-state index in [1.807, 2.05) is 16.0 Å². The van der Waals surface area contributed by atoms with Crippen LogP contribution in [0.5, 0.6) is 0 Å². The normalized spacial score (nSPS) is 12.8. The van der Waals surface area contributed by atoms with Gasteiger partial charge < -0.3 is 5.32 Å². The zero-order chi connectivity index (χ0) is 13.8. The van der Waals surface area contributed by atoms with Crippen LogP contribution in [0, 0.1) is 13.8 Å². The van der Waals surface area contributed by atoms with Crippen molar-refractivity contribution in [1.29, 1.82) is 0 Å². The number of hydrogen-bond donors (Lipinski definition) is 1. The van der Waals surface area contributed by atoms with Gasteiger partial charge in [-0.15, -0.1) is 16.4 Å². The topological polar surface area (TPSA) is 55.6 Å². The summed E-state index contributed by atoms with van der Waals surface area (Å²) in [6.07, 6.45) is 1.11. The number of hydrogen-bond acceptors (Lipinski definition) is 5. The van der Waals surface area contributed by atoms with E-state index in [0.717, 1.165) is 25.3 Å². The molecule has 2 heterocycles. The Balaban J connectivity index is 2.11. The van der Waals surface area contributed by atoms with Gasteiger partial charge in [-0.25, -0.2) is 4.68 Å². The molecule has 0 fully saturated rings. The lowest BCUT2D eigenvalue weighted by Crippen LogP contribution is -2.23. The Kier molecular flexibility index (Phi) is 4.66. The molecule has 6 heteroatoms. The third kappa shape index (κ3) is 3.39. The Morgan fingerprint density at radius 1 is 1.42 bits per heavy atom. The molecule has 5 nitrogen and oxygen atoms in total. The highest BCUT2D eigenvalue weighted by molar-refractivity contribution is 7.12. The molecule has 1 unspecified atom stereocenters. The van der Waals surface area contributed by atoms with Crippen LogP contribution in [0.3, 0.4) is 0 Å². The van der Waals surface area contributed by atoms with Gasteiger partial charge in [-0.2, -0.15) is 0 Å². The van der Waals surface area contributed by atoms with Crippen molar-refractivity contribution in [3.05, 3.63) is 27.2 Å². The van der Waals surface area contributed by atoms with Gasteiger partial charge in [0.15, 0.2) is 5.82 Å². The van der Waals surface area contributed by atoms with Crippen LogP contribution in [0.2, 0.25) is 0 Å². The fraction of sp³-hybridized carbons (Fsp3) is 0.615. The molecule has 2 rings (SSSR count). The zero-order valence-corrected chi connectivity index (χ0v) is 12.8. The first-order chi connectivity index (χ1) is 9.11. The third-order valence-electron chi connectivity index (χ3n) is 3.17. The van der Waals surface area contributed by atoms with Crippen molar-refractivity contribution >= 4 is 11.3 Å². The van der Waals surface area contributed by atoms with Crippen molar-refractivity contribution in [2.75, 3.05) is 6.54 Å².